The van der Waals surface area contributed by atoms with Gasteiger partial charge in [0.15, 0.2) is 0 Å². The van der Waals surface area contributed by atoms with Crippen molar-refractivity contribution >= 4 is 11.9 Å². The summed E-state index contributed by atoms with van der Waals surface area (Å²) in [5, 5.41) is 8.43. The molecule has 0 saturated carbocycles. The van der Waals surface area contributed by atoms with Crippen molar-refractivity contribution in [2.24, 2.45) is 11.8 Å². The molecular weight excluding hydrogens is 366 g/mol. The van der Waals surface area contributed by atoms with E-state index in [2.05, 4.69) is 39.1 Å². The molecule has 2 fully saturated rings. The van der Waals surface area contributed by atoms with Crippen molar-refractivity contribution in [3.63, 3.8) is 0 Å². The van der Waals surface area contributed by atoms with Gasteiger partial charge >= 0.3 is 6.01 Å². The molecule has 150 valence electrons. The Morgan fingerprint density at radius 3 is 2.76 bits per heavy atom. The van der Waals surface area contributed by atoms with Crippen LogP contribution in [0.3, 0.4) is 0 Å². The molecule has 0 aliphatic carbocycles. The molecule has 2 aliphatic heterocycles. The Hall–Kier alpha value is -3.09. The molecule has 7 nitrogen and oxygen atoms in total. The van der Waals surface area contributed by atoms with Gasteiger partial charge in [0, 0.05) is 44.1 Å². The molecule has 2 aliphatic rings. The molecule has 0 unspecified atom stereocenters. The van der Waals surface area contributed by atoms with Gasteiger partial charge in [-0.2, -0.15) is 0 Å². The lowest BCUT2D eigenvalue weighted by Gasteiger charge is -2.29. The predicted octanol–water partition coefficient (Wildman–Crippen LogP) is 3.30. The molecule has 29 heavy (non-hydrogen) atoms. The van der Waals surface area contributed by atoms with E-state index in [1.807, 2.05) is 35.2 Å². The molecule has 1 N–H and O–H groups in total. The molecule has 5 rings (SSSR count). The van der Waals surface area contributed by atoms with Crippen LogP contribution in [0.2, 0.25) is 0 Å². The van der Waals surface area contributed by atoms with E-state index in [1.54, 1.807) is 6.20 Å². The Morgan fingerprint density at radius 1 is 1.14 bits per heavy atom. The van der Waals surface area contributed by atoms with Crippen LogP contribution in [0.4, 0.5) is 6.01 Å². The van der Waals surface area contributed by atoms with E-state index < -0.39 is 0 Å². The number of anilines is 1. The fourth-order valence-corrected chi connectivity index (χ4v) is 4.79. The summed E-state index contributed by atoms with van der Waals surface area (Å²) in [6.45, 7) is 4.47. The van der Waals surface area contributed by atoms with Gasteiger partial charge in [-0.3, -0.25) is 4.79 Å². The van der Waals surface area contributed by atoms with Crippen LogP contribution >= 0.6 is 0 Å². The Balaban J connectivity index is 1.42. The van der Waals surface area contributed by atoms with Crippen molar-refractivity contribution in [1.82, 2.24) is 20.1 Å². The standard InChI is InChI=1S/C22H25N5O2/c1-2-7-19-24-25-22(29-19)26-12-16-13-27(21(28)18-10-6-11-23-18)20(17(16)14-26)15-8-4-3-5-9-15/h3-6,8-11,16-17,20,23H,2,7,12-14H2,1H3/t16-,17-,20+/m0/s1. The first kappa shape index (κ1) is 18.0. The number of carbonyl (C=O) groups excluding carboxylic acids is 1. The summed E-state index contributed by atoms with van der Waals surface area (Å²) in [6.07, 6.45) is 3.59. The van der Waals surface area contributed by atoms with Gasteiger partial charge in [0.2, 0.25) is 5.89 Å². The van der Waals surface area contributed by atoms with Crippen LogP contribution in [0.15, 0.2) is 53.1 Å². The first-order valence-electron chi connectivity index (χ1n) is 10.3. The number of rotatable bonds is 5. The molecular formula is C22H25N5O2. The average molecular weight is 391 g/mol. The molecule has 0 spiro atoms. The third-order valence-corrected chi connectivity index (χ3v) is 6.09. The van der Waals surface area contributed by atoms with E-state index in [4.69, 9.17) is 4.42 Å². The second kappa shape index (κ2) is 7.39. The average Bonchev–Trinajstić information content (AvgIpc) is 3.51. The first-order valence-corrected chi connectivity index (χ1v) is 10.3. The van der Waals surface area contributed by atoms with Gasteiger partial charge in [0.25, 0.3) is 5.91 Å². The normalized spacial score (nSPS) is 23.6. The number of aryl methyl sites for hydroxylation is 1. The van der Waals surface area contributed by atoms with Gasteiger partial charge in [-0.15, -0.1) is 5.10 Å². The first-order chi connectivity index (χ1) is 14.2. The van der Waals surface area contributed by atoms with Gasteiger partial charge in [-0.25, -0.2) is 0 Å². The van der Waals surface area contributed by atoms with Crippen LogP contribution in [-0.2, 0) is 6.42 Å². The number of carbonyl (C=O) groups is 1. The minimum atomic E-state index is 0.0417. The number of aromatic amines is 1. The summed E-state index contributed by atoms with van der Waals surface area (Å²) in [7, 11) is 0. The molecule has 4 heterocycles. The Labute approximate surface area is 169 Å². The Bertz CT molecular complexity index is 968. The number of nitrogens with zero attached hydrogens (tertiary/aromatic N) is 4. The highest BCUT2D eigenvalue weighted by atomic mass is 16.4. The van der Waals surface area contributed by atoms with Crippen LogP contribution in [-0.4, -0.2) is 45.6 Å². The van der Waals surface area contributed by atoms with Crippen molar-refractivity contribution in [1.29, 1.82) is 0 Å². The van der Waals surface area contributed by atoms with Crippen molar-refractivity contribution in [3.05, 3.63) is 65.8 Å². The summed E-state index contributed by atoms with van der Waals surface area (Å²) in [6, 6.07) is 14.7. The zero-order valence-electron chi connectivity index (χ0n) is 16.5. The quantitative estimate of drug-likeness (QED) is 0.722. The highest BCUT2D eigenvalue weighted by Crippen LogP contribution is 2.46. The van der Waals surface area contributed by atoms with Crippen LogP contribution in [0.1, 0.15) is 41.3 Å². The number of aromatic nitrogens is 3. The predicted molar refractivity (Wildman–Crippen MR) is 108 cm³/mol. The summed E-state index contributed by atoms with van der Waals surface area (Å²) in [5.41, 5.74) is 1.82. The Morgan fingerprint density at radius 2 is 2.00 bits per heavy atom. The summed E-state index contributed by atoms with van der Waals surface area (Å²) >= 11 is 0. The second-order valence-corrected chi connectivity index (χ2v) is 7.95. The number of likely N-dealkylation sites (tertiary alicyclic amines) is 1. The molecule has 0 radical (unpaired) electrons. The third-order valence-electron chi connectivity index (χ3n) is 6.09. The minimum absolute atomic E-state index is 0.0417. The fourth-order valence-electron chi connectivity index (χ4n) is 4.79. The molecule has 7 heteroatoms. The molecule has 3 atom stereocenters. The number of hydrogen-bond donors (Lipinski definition) is 1. The largest absolute Gasteiger partial charge is 0.408 e. The SMILES string of the molecule is CCCc1nnc(N2C[C@H]3CN(C(=O)c4ccc[nH]4)[C@H](c4ccccc4)[C@H]3C2)o1. The molecule has 3 aromatic rings. The maximum atomic E-state index is 13.2. The molecule has 2 aromatic heterocycles. The van der Waals surface area contributed by atoms with E-state index in [9.17, 15) is 4.79 Å². The summed E-state index contributed by atoms with van der Waals surface area (Å²) in [5.74, 6) is 1.47. The van der Waals surface area contributed by atoms with Crippen molar-refractivity contribution in [3.8, 4) is 0 Å². The van der Waals surface area contributed by atoms with Gasteiger partial charge < -0.3 is 19.2 Å². The molecule has 1 amide bonds. The fraction of sp³-hybridized carbons (Fsp3) is 0.409. The summed E-state index contributed by atoms with van der Waals surface area (Å²) in [4.78, 5) is 20.5. The minimum Gasteiger partial charge on any atom is -0.408 e. The lowest BCUT2D eigenvalue weighted by atomic mass is 9.89. The van der Waals surface area contributed by atoms with Gasteiger partial charge in [0.1, 0.15) is 5.69 Å². The number of benzene rings is 1. The number of fused-ring (bicyclic) bond motifs is 1. The van der Waals surface area contributed by atoms with Crippen LogP contribution in [0, 0.1) is 11.8 Å². The second-order valence-electron chi connectivity index (χ2n) is 7.95. The molecule has 2 saturated heterocycles. The van der Waals surface area contributed by atoms with Crippen LogP contribution in [0.25, 0.3) is 0 Å². The van der Waals surface area contributed by atoms with Gasteiger partial charge in [0.05, 0.1) is 6.04 Å². The van der Waals surface area contributed by atoms with E-state index in [1.165, 1.54) is 5.56 Å². The topological polar surface area (TPSA) is 78.3 Å². The highest BCUT2D eigenvalue weighted by molar-refractivity contribution is 5.93. The summed E-state index contributed by atoms with van der Waals surface area (Å²) < 4.78 is 5.87. The van der Waals surface area contributed by atoms with Crippen molar-refractivity contribution in [2.75, 3.05) is 24.5 Å². The van der Waals surface area contributed by atoms with Crippen molar-refractivity contribution in [2.45, 2.75) is 25.8 Å². The van der Waals surface area contributed by atoms with Crippen molar-refractivity contribution < 1.29 is 9.21 Å². The Kier molecular flexibility index (Phi) is 4.58. The number of nitrogens with one attached hydrogen (secondary N) is 1. The maximum absolute atomic E-state index is 13.2. The number of hydrogen-bond acceptors (Lipinski definition) is 5. The van der Waals surface area contributed by atoms with E-state index in [0.29, 0.717) is 29.4 Å². The monoisotopic (exact) mass is 391 g/mol. The lowest BCUT2D eigenvalue weighted by molar-refractivity contribution is 0.0710. The zero-order valence-corrected chi connectivity index (χ0v) is 16.5. The number of H-pyrrole nitrogens is 1. The van der Waals surface area contributed by atoms with E-state index in [0.717, 1.165) is 32.5 Å². The maximum Gasteiger partial charge on any atom is 0.318 e. The van der Waals surface area contributed by atoms with Gasteiger partial charge in [-0.05, 0) is 24.1 Å². The smallest absolute Gasteiger partial charge is 0.318 e. The molecule has 1 aromatic carbocycles. The zero-order chi connectivity index (χ0) is 19.8. The highest BCUT2D eigenvalue weighted by Gasteiger charge is 2.50. The van der Waals surface area contributed by atoms with Gasteiger partial charge in [-0.1, -0.05) is 42.4 Å². The van der Waals surface area contributed by atoms with E-state index >= 15 is 0 Å². The third kappa shape index (κ3) is 3.20. The van der Waals surface area contributed by atoms with E-state index in [-0.39, 0.29) is 11.9 Å². The van der Waals surface area contributed by atoms with Crippen LogP contribution < -0.4 is 4.90 Å². The van der Waals surface area contributed by atoms with Crippen LogP contribution in [0.5, 0.6) is 0 Å². The number of amides is 1. The lowest BCUT2D eigenvalue weighted by Crippen LogP contribution is -2.36. The molecule has 0 bridgehead atoms.